The normalized spacial score (nSPS) is 11.6. The summed E-state index contributed by atoms with van der Waals surface area (Å²) in [4.78, 5) is 16.0. The van der Waals surface area contributed by atoms with Crippen molar-refractivity contribution in [2.24, 2.45) is 0 Å². The second kappa shape index (κ2) is 12.6. The molecule has 0 aliphatic heterocycles. The van der Waals surface area contributed by atoms with Gasteiger partial charge in [0.25, 0.3) is 0 Å². The molecule has 0 saturated carbocycles. The maximum absolute atomic E-state index is 6.45. The van der Waals surface area contributed by atoms with E-state index in [2.05, 4.69) is 152 Å². The molecule has 0 bridgehead atoms. The predicted octanol–water partition coefficient (Wildman–Crippen LogP) is 13.6. The van der Waals surface area contributed by atoms with Crippen LogP contribution in [0, 0.1) is 0 Å². The smallest absolute Gasteiger partial charge is 0.165 e. The van der Waals surface area contributed by atoms with Crippen molar-refractivity contribution >= 4 is 54.3 Å². The van der Waals surface area contributed by atoms with E-state index in [-0.39, 0.29) is 0 Å². The lowest BCUT2D eigenvalue weighted by Crippen LogP contribution is -2.02. The highest BCUT2D eigenvalue weighted by atomic mass is 16.3. The number of rotatable bonds is 5. The summed E-state index contributed by atoms with van der Waals surface area (Å²) in [5, 5.41) is 9.25. The maximum atomic E-state index is 6.45. The monoisotopic (exact) mass is 701 g/mol. The van der Waals surface area contributed by atoms with Gasteiger partial charge in [0, 0.05) is 27.5 Å². The van der Waals surface area contributed by atoms with Crippen LogP contribution < -0.4 is 0 Å². The van der Waals surface area contributed by atoms with E-state index < -0.39 is 0 Å². The first kappa shape index (κ1) is 31.1. The van der Waals surface area contributed by atoms with E-state index in [9.17, 15) is 0 Å². The molecule has 11 rings (SSSR count). The van der Waals surface area contributed by atoms with Gasteiger partial charge >= 0.3 is 0 Å². The molecule has 4 heteroatoms. The zero-order valence-electron chi connectivity index (χ0n) is 29.6. The van der Waals surface area contributed by atoms with Gasteiger partial charge in [0.2, 0.25) is 0 Å². The van der Waals surface area contributed by atoms with E-state index in [1.807, 2.05) is 36.4 Å². The summed E-state index contributed by atoms with van der Waals surface area (Å²) < 4.78 is 6.45. The fraction of sp³-hybridized carbons (Fsp3) is 0. The van der Waals surface area contributed by atoms with Crippen LogP contribution in [-0.2, 0) is 0 Å². The van der Waals surface area contributed by atoms with E-state index in [1.165, 1.54) is 32.3 Å². The van der Waals surface area contributed by atoms with Crippen molar-refractivity contribution in [3.63, 3.8) is 0 Å². The summed E-state index contributed by atoms with van der Waals surface area (Å²) in [6, 6.07) is 65.7. The molecule has 9 aromatic carbocycles. The number of aromatic nitrogens is 3. The molecule has 0 spiro atoms. The zero-order chi connectivity index (χ0) is 36.3. The molecular formula is C51H31N3O. The van der Waals surface area contributed by atoms with Gasteiger partial charge in [-0.2, -0.15) is 0 Å². The molecular weight excluding hydrogens is 671 g/mol. The highest BCUT2D eigenvalue weighted by molar-refractivity contribution is 6.23. The second-order valence-electron chi connectivity index (χ2n) is 13.9. The van der Waals surface area contributed by atoms with Crippen LogP contribution in [0.4, 0.5) is 0 Å². The molecule has 0 N–H and O–H groups in total. The van der Waals surface area contributed by atoms with Gasteiger partial charge < -0.3 is 4.42 Å². The Morgan fingerprint density at radius 1 is 0.309 bits per heavy atom. The summed E-state index contributed by atoms with van der Waals surface area (Å²) >= 11 is 0. The summed E-state index contributed by atoms with van der Waals surface area (Å²) in [7, 11) is 0. The minimum absolute atomic E-state index is 0.587. The van der Waals surface area contributed by atoms with Crippen LogP contribution in [0.2, 0.25) is 0 Å². The highest BCUT2D eigenvalue weighted by Gasteiger charge is 2.23. The van der Waals surface area contributed by atoms with Crippen molar-refractivity contribution in [1.29, 1.82) is 0 Å². The Kier molecular flexibility index (Phi) is 7.14. The Balaban J connectivity index is 1.24. The van der Waals surface area contributed by atoms with E-state index in [4.69, 9.17) is 19.4 Å². The van der Waals surface area contributed by atoms with Crippen molar-refractivity contribution in [2.75, 3.05) is 0 Å². The summed E-state index contributed by atoms with van der Waals surface area (Å²) in [5.41, 5.74) is 8.65. The fourth-order valence-electron chi connectivity index (χ4n) is 8.24. The van der Waals surface area contributed by atoms with Crippen molar-refractivity contribution in [1.82, 2.24) is 15.0 Å². The molecule has 0 fully saturated rings. The van der Waals surface area contributed by atoms with Crippen LogP contribution in [0.1, 0.15) is 0 Å². The number of nitrogens with zero attached hydrogens (tertiary/aromatic N) is 3. The lowest BCUT2D eigenvalue weighted by atomic mass is 9.88. The number of para-hydroxylation sites is 1. The molecule has 11 aromatic rings. The van der Waals surface area contributed by atoms with Gasteiger partial charge in [-0.1, -0.05) is 164 Å². The van der Waals surface area contributed by atoms with E-state index in [0.29, 0.717) is 17.5 Å². The topological polar surface area (TPSA) is 51.8 Å². The molecule has 4 nitrogen and oxygen atoms in total. The van der Waals surface area contributed by atoms with Gasteiger partial charge in [-0.05, 0) is 78.8 Å². The average molecular weight is 702 g/mol. The number of hydrogen-bond acceptors (Lipinski definition) is 4. The standard InChI is InChI=1S/C51H31N3O/c1-3-15-32(16-4-1)38-29-30-45-47(42-25-13-14-26-44(42)55-45)48(38)51-53-49(34-18-5-2-6-19-34)52-50(54-51)41-24-12-11-23-39(41)43-31-35-20-8-9-21-36(35)40-28-27-33-17-7-10-22-37(33)46(40)43/h1-31H. The Hall–Kier alpha value is -7.43. The first-order chi connectivity index (χ1) is 27.3. The van der Waals surface area contributed by atoms with Crippen LogP contribution in [0.3, 0.4) is 0 Å². The first-order valence-electron chi connectivity index (χ1n) is 18.5. The molecule has 0 aliphatic rings. The van der Waals surface area contributed by atoms with Crippen molar-refractivity contribution in [2.45, 2.75) is 0 Å². The summed E-state index contributed by atoms with van der Waals surface area (Å²) in [5.74, 6) is 1.79. The number of benzene rings is 9. The largest absolute Gasteiger partial charge is 0.456 e. The molecule has 0 amide bonds. The minimum atomic E-state index is 0.587. The van der Waals surface area contributed by atoms with Gasteiger partial charge in [-0.25, -0.2) is 15.0 Å². The second-order valence-corrected chi connectivity index (χ2v) is 13.9. The highest BCUT2D eigenvalue weighted by Crippen LogP contribution is 2.45. The van der Waals surface area contributed by atoms with Gasteiger partial charge in [0.15, 0.2) is 17.5 Å². The van der Waals surface area contributed by atoms with Crippen LogP contribution >= 0.6 is 0 Å². The Morgan fingerprint density at radius 3 is 1.75 bits per heavy atom. The maximum Gasteiger partial charge on any atom is 0.165 e. The molecule has 0 radical (unpaired) electrons. The summed E-state index contributed by atoms with van der Waals surface area (Å²) in [6.45, 7) is 0. The molecule has 256 valence electrons. The third-order valence-corrected chi connectivity index (χ3v) is 10.7. The SMILES string of the molecule is c1ccc(-c2nc(-c3ccccc3-c3cc4ccccc4c4ccc5ccccc5c34)nc(-c3c(-c4ccccc4)ccc4oc5ccccc5c34)n2)cc1. The van der Waals surface area contributed by atoms with E-state index in [1.54, 1.807) is 0 Å². The van der Waals surface area contributed by atoms with Gasteiger partial charge in [-0.15, -0.1) is 0 Å². The molecule has 0 saturated heterocycles. The van der Waals surface area contributed by atoms with Gasteiger partial charge in [-0.3, -0.25) is 0 Å². The van der Waals surface area contributed by atoms with Crippen LogP contribution in [0.25, 0.3) is 111 Å². The van der Waals surface area contributed by atoms with Crippen LogP contribution in [0.15, 0.2) is 192 Å². The Morgan fingerprint density at radius 2 is 0.927 bits per heavy atom. The number of fused-ring (bicyclic) bond motifs is 8. The quantitative estimate of drug-likeness (QED) is 0.168. The first-order valence-corrected chi connectivity index (χ1v) is 18.5. The zero-order valence-corrected chi connectivity index (χ0v) is 29.6. The number of furan rings is 1. The summed E-state index contributed by atoms with van der Waals surface area (Å²) in [6.07, 6.45) is 0. The van der Waals surface area contributed by atoms with Crippen LogP contribution in [-0.4, -0.2) is 15.0 Å². The molecule has 0 unspecified atom stereocenters. The molecule has 0 aliphatic carbocycles. The lowest BCUT2D eigenvalue weighted by Gasteiger charge is -2.17. The molecule has 55 heavy (non-hydrogen) atoms. The third-order valence-electron chi connectivity index (χ3n) is 10.7. The molecule has 0 atom stereocenters. The third kappa shape index (κ3) is 5.11. The predicted molar refractivity (Wildman–Crippen MR) is 227 cm³/mol. The van der Waals surface area contributed by atoms with E-state index >= 15 is 0 Å². The Labute approximate surface area is 317 Å². The van der Waals surface area contributed by atoms with Crippen molar-refractivity contribution in [3.8, 4) is 56.4 Å². The lowest BCUT2D eigenvalue weighted by molar-refractivity contribution is 0.669. The van der Waals surface area contributed by atoms with Crippen LogP contribution in [0.5, 0.6) is 0 Å². The fourth-order valence-corrected chi connectivity index (χ4v) is 8.24. The van der Waals surface area contributed by atoms with E-state index in [0.717, 1.165) is 60.9 Å². The molecule has 2 heterocycles. The minimum Gasteiger partial charge on any atom is -0.456 e. The Bertz CT molecular complexity index is 3260. The van der Waals surface area contributed by atoms with Gasteiger partial charge in [0.05, 0.1) is 0 Å². The number of hydrogen-bond donors (Lipinski definition) is 0. The molecule has 2 aromatic heterocycles. The van der Waals surface area contributed by atoms with Gasteiger partial charge in [0.1, 0.15) is 11.2 Å². The average Bonchev–Trinajstić information content (AvgIpc) is 3.65. The van der Waals surface area contributed by atoms with Crippen molar-refractivity contribution < 1.29 is 4.42 Å². The van der Waals surface area contributed by atoms with Crippen molar-refractivity contribution in [3.05, 3.63) is 188 Å².